The lowest BCUT2D eigenvalue weighted by molar-refractivity contribution is 0.578. The summed E-state index contributed by atoms with van der Waals surface area (Å²) in [7, 11) is 0. The summed E-state index contributed by atoms with van der Waals surface area (Å²) in [5.74, 6) is 0.618. The molecule has 3 aromatic rings. The van der Waals surface area contributed by atoms with Crippen LogP contribution in [0.25, 0.3) is 16.9 Å². The van der Waals surface area contributed by atoms with Gasteiger partial charge in [0.25, 0.3) is 5.56 Å². The summed E-state index contributed by atoms with van der Waals surface area (Å²) in [5.41, 5.74) is 0.434. The van der Waals surface area contributed by atoms with E-state index in [2.05, 4.69) is 15.2 Å². The molecular formula is C17H19ClN6O2. The smallest absolute Gasteiger partial charge is 0.330 e. The van der Waals surface area contributed by atoms with Crippen molar-refractivity contribution in [2.24, 2.45) is 0 Å². The Kier molecular flexibility index (Phi) is 4.29. The molecule has 0 atom stereocenters. The second kappa shape index (κ2) is 6.62. The number of rotatable bonds is 3. The molecule has 0 radical (unpaired) electrons. The number of H-pyrrole nitrogens is 1. The highest BCUT2D eigenvalue weighted by molar-refractivity contribution is 6.32. The minimum atomic E-state index is -0.469. The second-order valence-electron chi connectivity index (χ2n) is 6.11. The molecule has 26 heavy (non-hydrogen) atoms. The van der Waals surface area contributed by atoms with Gasteiger partial charge in [-0.1, -0.05) is 23.7 Å². The predicted molar refractivity (Wildman–Crippen MR) is 102 cm³/mol. The normalized spacial score (nSPS) is 14.9. The maximum absolute atomic E-state index is 12.7. The Morgan fingerprint density at radius 3 is 2.62 bits per heavy atom. The number of aryl methyl sites for hydroxylation is 1. The van der Waals surface area contributed by atoms with Crippen LogP contribution in [0.4, 0.5) is 5.95 Å². The molecule has 2 aromatic heterocycles. The number of hydrogen-bond donors (Lipinski definition) is 2. The van der Waals surface area contributed by atoms with Crippen LogP contribution in [0, 0.1) is 0 Å². The van der Waals surface area contributed by atoms with E-state index < -0.39 is 11.2 Å². The molecule has 2 N–H and O–H groups in total. The zero-order valence-corrected chi connectivity index (χ0v) is 15.1. The minimum absolute atomic E-state index is 0.327. The van der Waals surface area contributed by atoms with Crippen LogP contribution in [0.15, 0.2) is 33.9 Å². The number of hydrogen-bond acceptors (Lipinski definition) is 5. The van der Waals surface area contributed by atoms with E-state index in [1.165, 1.54) is 4.57 Å². The van der Waals surface area contributed by atoms with Gasteiger partial charge in [0, 0.05) is 32.7 Å². The zero-order valence-electron chi connectivity index (χ0n) is 14.3. The van der Waals surface area contributed by atoms with E-state index in [1.807, 2.05) is 25.1 Å². The number of nitrogens with one attached hydrogen (secondary N) is 2. The highest BCUT2D eigenvalue weighted by Crippen LogP contribution is 2.29. The highest BCUT2D eigenvalue weighted by Gasteiger charge is 2.24. The fraction of sp³-hybridized carbons (Fsp3) is 0.353. The van der Waals surface area contributed by atoms with Crippen LogP contribution in [0.3, 0.4) is 0 Å². The number of para-hydroxylation sites is 1. The van der Waals surface area contributed by atoms with E-state index >= 15 is 0 Å². The summed E-state index contributed by atoms with van der Waals surface area (Å²) >= 11 is 6.42. The lowest BCUT2D eigenvalue weighted by atomic mass is 10.3. The summed E-state index contributed by atoms with van der Waals surface area (Å²) in [6.45, 7) is 5.40. The van der Waals surface area contributed by atoms with Crippen LogP contribution in [0.5, 0.6) is 0 Å². The molecule has 0 spiro atoms. The van der Waals surface area contributed by atoms with Crippen molar-refractivity contribution in [1.82, 2.24) is 24.4 Å². The van der Waals surface area contributed by atoms with Crippen LogP contribution in [0.2, 0.25) is 5.02 Å². The molecule has 0 bridgehead atoms. The Morgan fingerprint density at radius 2 is 1.92 bits per heavy atom. The fourth-order valence-electron chi connectivity index (χ4n) is 3.34. The summed E-state index contributed by atoms with van der Waals surface area (Å²) < 4.78 is 3.23. The number of fused-ring (bicyclic) bond motifs is 1. The van der Waals surface area contributed by atoms with Crippen molar-refractivity contribution in [2.75, 3.05) is 31.1 Å². The van der Waals surface area contributed by atoms with Crippen molar-refractivity contribution in [2.45, 2.75) is 13.5 Å². The number of nitrogens with zero attached hydrogens (tertiary/aromatic N) is 4. The summed E-state index contributed by atoms with van der Waals surface area (Å²) in [4.78, 5) is 34.0. The molecule has 0 aliphatic carbocycles. The molecule has 3 heterocycles. The maximum Gasteiger partial charge on any atom is 0.330 e. The van der Waals surface area contributed by atoms with E-state index in [0.717, 1.165) is 26.2 Å². The number of aromatic amines is 1. The van der Waals surface area contributed by atoms with Crippen molar-refractivity contribution in [3.63, 3.8) is 0 Å². The first kappa shape index (κ1) is 16.9. The molecule has 1 fully saturated rings. The van der Waals surface area contributed by atoms with Gasteiger partial charge in [-0.25, -0.2) is 4.79 Å². The lowest BCUT2D eigenvalue weighted by Crippen LogP contribution is -2.44. The van der Waals surface area contributed by atoms with Gasteiger partial charge in [-0.05, 0) is 19.1 Å². The maximum atomic E-state index is 12.7. The van der Waals surface area contributed by atoms with Crippen LogP contribution in [0.1, 0.15) is 6.92 Å². The Labute approximate surface area is 154 Å². The third-order valence-electron chi connectivity index (χ3n) is 4.59. The number of anilines is 1. The van der Waals surface area contributed by atoms with Gasteiger partial charge in [0.05, 0.1) is 10.7 Å². The fourth-order valence-corrected chi connectivity index (χ4v) is 3.56. The van der Waals surface area contributed by atoms with Gasteiger partial charge in [-0.15, -0.1) is 0 Å². The lowest BCUT2D eigenvalue weighted by Gasteiger charge is -2.28. The largest absolute Gasteiger partial charge is 0.339 e. The summed E-state index contributed by atoms with van der Waals surface area (Å²) in [5, 5.41) is 3.81. The highest BCUT2D eigenvalue weighted by atomic mass is 35.5. The summed E-state index contributed by atoms with van der Waals surface area (Å²) in [6, 6.07) is 7.31. The Bertz CT molecular complexity index is 1080. The molecule has 9 heteroatoms. The first-order chi connectivity index (χ1) is 12.6. The molecule has 0 amide bonds. The molecule has 1 aliphatic rings. The topological polar surface area (TPSA) is 87.9 Å². The van der Waals surface area contributed by atoms with Gasteiger partial charge in [0.15, 0.2) is 11.2 Å². The molecule has 0 saturated carbocycles. The van der Waals surface area contributed by atoms with Crippen molar-refractivity contribution in [3.8, 4) is 5.69 Å². The van der Waals surface area contributed by atoms with Crippen LogP contribution >= 0.6 is 11.6 Å². The van der Waals surface area contributed by atoms with Crippen LogP contribution in [-0.2, 0) is 6.54 Å². The van der Waals surface area contributed by atoms with E-state index in [1.54, 1.807) is 10.6 Å². The van der Waals surface area contributed by atoms with Gasteiger partial charge in [0.1, 0.15) is 0 Å². The number of halogens is 1. The minimum Gasteiger partial charge on any atom is -0.339 e. The monoisotopic (exact) mass is 374 g/mol. The molecule has 0 unspecified atom stereocenters. The SMILES string of the molecule is CCn1c(=O)[nH]c(=O)c2c1nc(N1CCNCC1)n2-c1ccccc1Cl. The third kappa shape index (κ3) is 2.62. The standard InChI is InChI=1S/C17H19ClN6O2/c1-2-23-14-13(15(25)21-17(23)26)24(12-6-4-3-5-11(12)18)16(20-14)22-9-7-19-8-10-22/h3-6,19H,2,7-10H2,1H3,(H,21,25,26). The van der Waals surface area contributed by atoms with Gasteiger partial charge in [-0.2, -0.15) is 4.98 Å². The number of imidazole rings is 1. The molecule has 1 aliphatic heterocycles. The Morgan fingerprint density at radius 1 is 1.19 bits per heavy atom. The molecule has 136 valence electrons. The van der Waals surface area contributed by atoms with Crippen molar-refractivity contribution in [1.29, 1.82) is 0 Å². The Hall–Kier alpha value is -2.58. The van der Waals surface area contributed by atoms with E-state index in [9.17, 15) is 9.59 Å². The first-order valence-corrected chi connectivity index (χ1v) is 8.95. The molecule has 1 aromatic carbocycles. The van der Waals surface area contributed by atoms with Crippen molar-refractivity contribution >= 4 is 28.7 Å². The molecule has 4 rings (SSSR count). The first-order valence-electron chi connectivity index (χ1n) is 8.58. The number of aromatic nitrogens is 4. The van der Waals surface area contributed by atoms with Crippen molar-refractivity contribution in [3.05, 3.63) is 50.1 Å². The molecule has 1 saturated heterocycles. The van der Waals surface area contributed by atoms with E-state index in [4.69, 9.17) is 16.6 Å². The average molecular weight is 375 g/mol. The van der Waals surface area contributed by atoms with Gasteiger partial charge >= 0.3 is 5.69 Å². The Balaban J connectivity index is 2.11. The predicted octanol–water partition coefficient (Wildman–Crippen LogP) is 0.958. The van der Waals surface area contributed by atoms with Gasteiger partial charge in [0.2, 0.25) is 5.95 Å². The summed E-state index contributed by atoms with van der Waals surface area (Å²) in [6.07, 6.45) is 0. The van der Waals surface area contributed by atoms with Crippen molar-refractivity contribution < 1.29 is 0 Å². The van der Waals surface area contributed by atoms with E-state index in [0.29, 0.717) is 34.4 Å². The number of piperazine rings is 1. The van der Waals surface area contributed by atoms with Gasteiger partial charge in [-0.3, -0.25) is 18.9 Å². The average Bonchev–Trinajstić information content (AvgIpc) is 3.04. The molecular weight excluding hydrogens is 356 g/mol. The van der Waals surface area contributed by atoms with Crippen LogP contribution in [-0.4, -0.2) is 45.3 Å². The zero-order chi connectivity index (χ0) is 18.3. The third-order valence-corrected chi connectivity index (χ3v) is 4.91. The second-order valence-corrected chi connectivity index (χ2v) is 6.52. The van der Waals surface area contributed by atoms with Gasteiger partial charge < -0.3 is 10.2 Å². The number of benzene rings is 1. The van der Waals surface area contributed by atoms with Crippen LogP contribution < -0.4 is 21.5 Å². The quantitative estimate of drug-likeness (QED) is 0.713. The molecule has 8 nitrogen and oxygen atoms in total. The van der Waals surface area contributed by atoms with E-state index in [-0.39, 0.29) is 0 Å².